The van der Waals surface area contributed by atoms with Gasteiger partial charge < -0.3 is 14.8 Å². The predicted octanol–water partition coefficient (Wildman–Crippen LogP) is 2.66. The van der Waals surface area contributed by atoms with Crippen molar-refractivity contribution >= 4 is 23.2 Å². The van der Waals surface area contributed by atoms with Crippen LogP contribution in [0.1, 0.15) is 63.8 Å². The highest BCUT2D eigenvalue weighted by Gasteiger charge is 2.42. The summed E-state index contributed by atoms with van der Waals surface area (Å²) in [5, 5.41) is 13.5. The highest BCUT2D eigenvalue weighted by Crippen LogP contribution is 2.41. The highest BCUT2D eigenvalue weighted by molar-refractivity contribution is 7.12. The number of carbonyl (C=O) groups is 2. The van der Waals surface area contributed by atoms with E-state index in [1.165, 1.54) is 24.2 Å². The van der Waals surface area contributed by atoms with E-state index in [2.05, 4.69) is 15.5 Å². The molecule has 8 heteroatoms. The number of thiophene rings is 1. The molecule has 2 fully saturated rings. The number of carbonyl (C=O) groups excluding carboxylic acids is 2. The second-order valence-electron chi connectivity index (χ2n) is 8.96. The number of fused-ring (bicyclic) bond motifs is 1. The number of aryl methyl sites for hydroxylation is 2. The maximum atomic E-state index is 12.9. The molecule has 2 aliphatic heterocycles. The Labute approximate surface area is 174 Å². The van der Waals surface area contributed by atoms with E-state index in [1.807, 2.05) is 27.8 Å². The molecular formula is C21H27N5O2S. The summed E-state index contributed by atoms with van der Waals surface area (Å²) in [6, 6.07) is 1.99. The summed E-state index contributed by atoms with van der Waals surface area (Å²) in [5.74, 6) is 2.03. The molecule has 2 aromatic heterocycles. The van der Waals surface area contributed by atoms with Crippen LogP contribution in [0.2, 0.25) is 0 Å². The normalized spacial score (nSPS) is 23.8. The standard InChI is InChI=1S/C21H27N5O2S/c1-14-10-16(29-12-14)20(28)25-8-6-21(13-25)5-4-17-23-24-18(26(17)9-7-21)19(27)22-11-15-2-3-15/h10,12,15H,2-9,11,13H2,1H3,(H,22,27). The van der Waals surface area contributed by atoms with Gasteiger partial charge in [0.25, 0.3) is 11.8 Å². The highest BCUT2D eigenvalue weighted by atomic mass is 32.1. The monoisotopic (exact) mass is 413 g/mol. The van der Waals surface area contributed by atoms with E-state index in [4.69, 9.17) is 0 Å². The van der Waals surface area contributed by atoms with Crippen molar-refractivity contribution in [2.45, 2.75) is 52.0 Å². The van der Waals surface area contributed by atoms with Crippen LogP contribution in [-0.2, 0) is 13.0 Å². The summed E-state index contributed by atoms with van der Waals surface area (Å²) in [5.41, 5.74) is 1.26. The van der Waals surface area contributed by atoms with E-state index in [1.54, 1.807) is 0 Å². The van der Waals surface area contributed by atoms with Crippen LogP contribution < -0.4 is 5.32 Å². The Kier molecular flexibility index (Phi) is 4.69. The van der Waals surface area contributed by atoms with Crippen LogP contribution in [0.4, 0.5) is 0 Å². The van der Waals surface area contributed by atoms with Crippen molar-refractivity contribution in [2.24, 2.45) is 11.3 Å². The summed E-state index contributed by atoms with van der Waals surface area (Å²) in [7, 11) is 0. The Bertz CT molecular complexity index is 947. The molecule has 0 radical (unpaired) electrons. The van der Waals surface area contributed by atoms with Crippen molar-refractivity contribution in [1.82, 2.24) is 25.0 Å². The molecule has 3 aliphatic rings. The van der Waals surface area contributed by atoms with Gasteiger partial charge in [-0.25, -0.2) is 0 Å². The molecule has 4 heterocycles. The molecule has 1 N–H and O–H groups in total. The van der Waals surface area contributed by atoms with Gasteiger partial charge in [-0.3, -0.25) is 9.59 Å². The molecular weight excluding hydrogens is 386 g/mol. The van der Waals surface area contributed by atoms with Crippen LogP contribution in [0.3, 0.4) is 0 Å². The average Bonchev–Trinajstić information content (AvgIpc) is 3.14. The molecule has 1 atom stereocenters. The molecule has 5 rings (SSSR count). The van der Waals surface area contributed by atoms with E-state index in [0.717, 1.165) is 68.1 Å². The zero-order valence-electron chi connectivity index (χ0n) is 16.8. The van der Waals surface area contributed by atoms with Crippen LogP contribution in [0.25, 0.3) is 0 Å². The minimum absolute atomic E-state index is 0.108. The van der Waals surface area contributed by atoms with E-state index in [-0.39, 0.29) is 17.2 Å². The molecule has 0 bridgehead atoms. The molecule has 2 aromatic rings. The Morgan fingerprint density at radius 1 is 1.24 bits per heavy atom. The average molecular weight is 414 g/mol. The molecule has 2 amide bonds. The van der Waals surface area contributed by atoms with Crippen molar-refractivity contribution in [2.75, 3.05) is 19.6 Å². The quantitative estimate of drug-likeness (QED) is 0.836. The maximum absolute atomic E-state index is 12.9. The summed E-state index contributed by atoms with van der Waals surface area (Å²) < 4.78 is 2.00. The molecule has 1 unspecified atom stereocenters. The van der Waals surface area contributed by atoms with Gasteiger partial charge in [0, 0.05) is 32.6 Å². The molecule has 1 spiro atoms. The lowest BCUT2D eigenvalue weighted by molar-refractivity contribution is 0.0771. The third-order valence-corrected chi connectivity index (χ3v) is 7.73. The number of aromatic nitrogens is 3. The first-order valence-electron chi connectivity index (χ1n) is 10.6. The number of nitrogens with zero attached hydrogens (tertiary/aromatic N) is 4. The number of hydrogen-bond donors (Lipinski definition) is 1. The Morgan fingerprint density at radius 2 is 2.07 bits per heavy atom. The van der Waals surface area contributed by atoms with Crippen LogP contribution in [0.5, 0.6) is 0 Å². The van der Waals surface area contributed by atoms with Gasteiger partial charge >= 0.3 is 0 Å². The Morgan fingerprint density at radius 3 is 2.83 bits per heavy atom. The number of rotatable bonds is 4. The van der Waals surface area contributed by atoms with Gasteiger partial charge in [0.05, 0.1) is 4.88 Å². The first-order chi connectivity index (χ1) is 14.0. The second kappa shape index (κ2) is 7.23. The molecule has 1 saturated heterocycles. The molecule has 1 saturated carbocycles. The zero-order chi connectivity index (χ0) is 20.0. The van der Waals surface area contributed by atoms with Crippen LogP contribution in [0.15, 0.2) is 11.4 Å². The van der Waals surface area contributed by atoms with Crippen molar-refractivity contribution in [3.05, 3.63) is 33.5 Å². The zero-order valence-corrected chi connectivity index (χ0v) is 17.6. The summed E-state index contributed by atoms with van der Waals surface area (Å²) in [6.45, 7) is 5.12. The fourth-order valence-corrected chi connectivity index (χ4v) is 5.49. The topological polar surface area (TPSA) is 80.1 Å². The fraction of sp³-hybridized carbons (Fsp3) is 0.619. The fourth-order valence-electron chi connectivity index (χ4n) is 4.63. The molecule has 1 aliphatic carbocycles. The van der Waals surface area contributed by atoms with Gasteiger partial charge in [0.1, 0.15) is 5.82 Å². The van der Waals surface area contributed by atoms with Gasteiger partial charge in [-0.15, -0.1) is 21.5 Å². The lowest BCUT2D eigenvalue weighted by atomic mass is 9.80. The first kappa shape index (κ1) is 18.8. The SMILES string of the molecule is Cc1csc(C(=O)N2CCC3(CCc4nnc(C(=O)NCC5CC5)n4CC3)C2)c1. The summed E-state index contributed by atoms with van der Waals surface area (Å²) in [4.78, 5) is 28.3. The van der Waals surface area contributed by atoms with Gasteiger partial charge in [-0.05, 0) is 67.4 Å². The van der Waals surface area contributed by atoms with E-state index in [0.29, 0.717) is 11.7 Å². The van der Waals surface area contributed by atoms with E-state index >= 15 is 0 Å². The van der Waals surface area contributed by atoms with Crippen LogP contribution >= 0.6 is 11.3 Å². The van der Waals surface area contributed by atoms with Crippen molar-refractivity contribution in [1.29, 1.82) is 0 Å². The summed E-state index contributed by atoms with van der Waals surface area (Å²) in [6.07, 6.45) is 6.19. The number of likely N-dealkylation sites (tertiary alicyclic amines) is 1. The largest absolute Gasteiger partial charge is 0.349 e. The predicted molar refractivity (Wildman–Crippen MR) is 110 cm³/mol. The van der Waals surface area contributed by atoms with Gasteiger partial charge in [-0.2, -0.15) is 0 Å². The lowest BCUT2D eigenvalue weighted by Gasteiger charge is -2.27. The second-order valence-corrected chi connectivity index (χ2v) is 9.87. The maximum Gasteiger partial charge on any atom is 0.289 e. The minimum Gasteiger partial charge on any atom is -0.349 e. The smallest absolute Gasteiger partial charge is 0.289 e. The number of nitrogens with one attached hydrogen (secondary N) is 1. The minimum atomic E-state index is -0.108. The first-order valence-corrected chi connectivity index (χ1v) is 11.5. The molecule has 7 nitrogen and oxygen atoms in total. The third-order valence-electron chi connectivity index (χ3n) is 6.69. The van der Waals surface area contributed by atoms with Crippen LogP contribution in [0, 0.1) is 18.3 Å². The number of hydrogen-bond acceptors (Lipinski definition) is 5. The third kappa shape index (κ3) is 3.70. The van der Waals surface area contributed by atoms with Crippen LogP contribution in [-0.4, -0.2) is 51.1 Å². The van der Waals surface area contributed by atoms with Crippen molar-refractivity contribution in [3.63, 3.8) is 0 Å². The van der Waals surface area contributed by atoms with E-state index < -0.39 is 0 Å². The Hall–Kier alpha value is -2.22. The van der Waals surface area contributed by atoms with Gasteiger partial charge in [0.15, 0.2) is 0 Å². The van der Waals surface area contributed by atoms with Gasteiger partial charge in [0.2, 0.25) is 5.82 Å². The Balaban J connectivity index is 1.26. The van der Waals surface area contributed by atoms with Gasteiger partial charge in [-0.1, -0.05) is 0 Å². The van der Waals surface area contributed by atoms with E-state index in [9.17, 15) is 9.59 Å². The lowest BCUT2D eigenvalue weighted by Crippen LogP contribution is -2.32. The molecule has 154 valence electrons. The molecule has 0 aromatic carbocycles. The van der Waals surface area contributed by atoms with Crippen molar-refractivity contribution in [3.8, 4) is 0 Å². The molecule has 29 heavy (non-hydrogen) atoms. The number of amides is 2. The summed E-state index contributed by atoms with van der Waals surface area (Å²) >= 11 is 1.53. The van der Waals surface area contributed by atoms with Crippen molar-refractivity contribution < 1.29 is 9.59 Å².